The Bertz CT molecular complexity index is 393. The highest BCUT2D eigenvalue weighted by Gasteiger charge is 2.16. The summed E-state index contributed by atoms with van der Waals surface area (Å²) >= 11 is 0. The number of carbonyl (C=O) groups excluding carboxylic acids is 3. The molecule has 0 heterocycles. The minimum Gasteiger partial charge on any atom is -0.466 e. The highest BCUT2D eigenvalue weighted by Crippen LogP contribution is 1.97. The first-order chi connectivity index (χ1) is 9.51. The van der Waals surface area contributed by atoms with Crippen LogP contribution in [0.3, 0.4) is 0 Å². The molecule has 0 saturated carbocycles. The molecule has 0 aromatic carbocycles. The third-order valence-corrected chi connectivity index (χ3v) is 2.03. The normalized spacial score (nSPS) is 9.30. The zero-order valence-electron chi connectivity index (χ0n) is 11.1. The van der Waals surface area contributed by atoms with Gasteiger partial charge in [-0.15, -0.1) is 0 Å². The van der Waals surface area contributed by atoms with Crippen LogP contribution in [-0.2, 0) is 19.1 Å². The lowest BCUT2D eigenvalue weighted by molar-refractivity contribution is -0.169. The maximum atomic E-state index is 11.4. The average molecular weight is 287 g/mol. The van der Waals surface area contributed by atoms with E-state index in [1.807, 2.05) is 0 Å². The van der Waals surface area contributed by atoms with Gasteiger partial charge in [-0.3, -0.25) is 19.6 Å². The zero-order chi connectivity index (χ0) is 15.4. The van der Waals surface area contributed by atoms with Crippen molar-refractivity contribution in [3.63, 3.8) is 0 Å². The molecular formula is C10H17N5O5. The van der Waals surface area contributed by atoms with E-state index in [1.54, 1.807) is 6.92 Å². The fraction of sp³-hybridized carbons (Fsp3) is 0.700. The van der Waals surface area contributed by atoms with Gasteiger partial charge in [0, 0.05) is 24.4 Å². The molecule has 2 amide bonds. The monoisotopic (exact) mass is 287 g/mol. The number of esters is 1. The van der Waals surface area contributed by atoms with Gasteiger partial charge >= 0.3 is 5.97 Å². The van der Waals surface area contributed by atoms with E-state index in [-0.39, 0.29) is 37.6 Å². The lowest BCUT2D eigenvalue weighted by Crippen LogP contribution is -2.39. The van der Waals surface area contributed by atoms with Gasteiger partial charge in [-0.1, -0.05) is 5.11 Å². The van der Waals surface area contributed by atoms with Gasteiger partial charge in [0.25, 0.3) is 0 Å². The van der Waals surface area contributed by atoms with E-state index < -0.39 is 24.3 Å². The molecule has 0 atom stereocenters. The number of hydrogen-bond donors (Lipinski definition) is 2. The Hall–Kier alpha value is -2.32. The first-order valence-electron chi connectivity index (χ1n) is 5.93. The number of amides is 2. The van der Waals surface area contributed by atoms with Crippen LogP contribution in [0.1, 0.15) is 19.8 Å². The van der Waals surface area contributed by atoms with Gasteiger partial charge in [-0.2, -0.15) is 0 Å². The summed E-state index contributed by atoms with van der Waals surface area (Å²) in [7, 11) is 0. The largest absolute Gasteiger partial charge is 0.466 e. The van der Waals surface area contributed by atoms with Crippen LogP contribution < -0.4 is 5.32 Å². The number of azide groups is 1. The Morgan fingerprint density at radius 2 is 2.10 bits per heavy atom. The standard InChI is InChI=1S/C10H17N5O5/c1-2-20-10(18)4-3-9(17)15(19)7-8(16)12-5-6-13-14-11/h19H,2-7H2,1H3,(H,12,16). The number of nitrogens with zero attached hydrogens (tertiary/aromatic N) is 4. The summed E-state index contributed by atoms with van der Waals surface area (Å²) in [5.41, 5.74) is 8.01. The molecule has 0 aliphatic heterocycles. The SMILES string of the molecule is CCOC(=O)CCC(=O)N(O)CC(=O)NCCN=[N+]=[N-]. The summed E-state index contributed by atoms with van der Waals surface area (Å²) in [6.45, 7) is 1.47. The van der Waals surface area contributed by atoms with Crippen LogP contribution in [0.2, 0.25) is 0 Å². The molecule has 0 aliphatic rings. The predicted molar refractivity (Wildman–Crippen MR) is 66.4 cm³/mol. The molecule has 0 unspecified atom stereocenters. The molecule has 2 N–H and O–H groups in total. The van der Waals surface area contributed by atoms with E-state index in [2.05, 4.69) is 20.1 Å². The summed E-state index contributed by atoms with van der Waals surface area (Å²) < 4.78 is 4.62. The van der Waals surface area contributed by atoms with Crippen LogP contribution in [0, 0.1) is 0 Å². The molecule has 0 rings (SSSR count). The molecule has 0 radical (unpaired) electrons. The molecule has 0 aromatic heterocycles. The van der Waals surface area contributed by atoms with E-state index in [0.717, 1.165) is 0 Å². The fourth-order valence-electron chi connectivity index (χ4n) is 1.14. The molecule has 10 heteroatoms. The van der Waals surface area contributed by atoms with Crippen LogP contribution in [0.25, 0.3) is 10.4 Å². The second kappa shape index (κ2) is 10.6. The number of nitrogens with one attached hydrogen (secondary N) is 1. The van der Waals surface area contributed by atoms with Gasteiger partial charge in [-0.25, -0.2) is 5.06 Å². The minimum atomic E-state index is -0.761. The Balaban J connectivity index is 3.91. The summed E-state index contributed by atoms with van der Waals surface area (Å²) in [5.74, 6) is -1.92. The molecule has 0 saturated heterocycles. The lowest BCUT2D eigenvalue weighted by Gasteiger charge is -2.14. The molecule has 0 spiro atoms. The van der Waals surface area contributed by atoms with E-state index in [1.165, 1.54) is 0 Å². The highest BCUT2D eigenvalue weighted by molar-refractivity contribution is 5.85. The zero-order valence-corrected chi connectivity index (χ0v) is 11.1. The number of hydroxylamine groups is 2. The van der Waals surface area contributed by atoms with E-state index >= 15 is 0 Å². The third kappa shape index (κ3) is 8.72. The smallest absolute Gasteiger partial charge is 0.306 e. The maximum absolute atomic E-state index is 11.4. The van der Waals surface area contributed by atoms with Crippen molar-refractivity contribution in [1.29, 1.82) is 0 Å². The Kier molecular flexibility index (Phi) is 9.36. The highest BCUT2D eigenvalue weighted by atomic mass is 16.5. The second-order valence-electron chi connectivity index (χ2n) is 3.56. The summed E-state index contributed by atoms with van der Waals surface area (Å²) in [5, 5.41) is 15.1. The van der Waals surface area contributed by atoms with Gasteiger partial charge in [0.2, 0.25) is 11.8 Å². The molecule has 0 aliphatic carbocycles. The fourth-order valence-corrected chi connectivity index (χ4v) is 1.14. The van der Waals surface area contributed by atoms with Crippen LogP contribution in [-0.4, -0.2) is 54.3 Å². The minimum absolute atomic E-state index is 0.0739. The van der Waals surface area contributed by atoms with Crippen LogP contribution in [0.5, 0.6) is 0 Å². The summed E-state index contributed by atoms with van der Waals surface area (Å²) in [6, 6.07) is 0. The van der Waals surface area contributed by atoms with E-state index in [9.17, 15) is 19.6 Å². The van der Waals surface area contributed by atoms with Crippen molar-refractivity contribution in [1.82, 2.24) is 10.4 Å². The van der Waals surface area contributed by atoms with Gasteiger partial charge in [0.05, 0.1) is 13.0 Å². The van der Waals surface area contributed by atoms with Gasteiger partial charge < -0.3 is 10.1 Å². The first-order valence-corrected chi connectivity index (χ1v) is 5.93. The summed E-state index contributed by atoms with van der Waals surface area (Å²) in [4.78, 5) is 36.2. The number of hydrogen-bond acceptors (Lipinski definition) is 6. The van der Waals surface area contributed by atoms with Gasteiger partial charge in [0.1, 0.15) is 6.54 Å². The molecule has 0 fully saturated rings. The molecule has 112 valence electrons. The number of rotatable bonds is 9. The van der Waals surface area contributed by atoms with Crippen LogP contribution in [0.4, 0.5) is 0 Å². The second-order valence-corrected chi connectivity index (χ2v) is 3.56. The van der Waals surface area contributed by atoms with E-state index in [0.29, 0.717) is 0 Å². The Morgan fingerprint density at radius 3 is 2.70 bits per heavy atom. The molecule has 20 heavy (non-hydrogen) atoms. The predicted octanol–water partition coefficient (Wildman–Crippen LogP) is -0.0260. The molecule has 10 nitrogen and oxygen atoms in total. The van der Waals surface area contributed by atoms with Crippen molar-refractivity contribution in [2.45, 2.75) is 19.8 Å². The van der Waals surface area contributed by atoms with Crippen molar-refractivity contribution in [2.75, 3.05) is 26.2 Å². The summed E-state index contributed by atoms with van der Waals surface area (Å²) in [6.07, 6.45) is -0.413. The average Bonchev–Trinajstić information content (AvgIpc) is 2.41. The lowest BCUT2D eigenvalue weighted by atomic mass is 10.3. The van der Waals surface area contributed by atoms with Crippen molar-refractivity contribution in [3.05, 3.63) is 10.4 Å². The van der Waals surface area contributed by atoms with Crippen molar-refractivity contribution in [2.24, 2.45) is 5.11 Å². The van der Waals surface area contributed by atoms with Crippen molar-refractivity contribution < 1.29 is 24.3 Å². The molecule has 0 aromatic rings. The third-order valence-electron chi connectivity index (χ3n) is 2.03. The van der Waals surface area contributed by atoms with Crippen LogP contribution in [0.15, 0.2) is 5.11 Å². The van der Waals surface area contributed by atoms with Crippen LogP contribution >= 0.6 is 0 Å². The maximum Gasteiger partial charge on any atom is 0.306 e. The van der Waals surface area contributed by atoms with Crippen molar-refractivity contribution >= 4 is 17.8 Å². The van der Waals surface area contributed by atoms with Gasteiger partial charge in [0.15, 0.2) is 0 Å². The molecule has 0 bridgehead atoms. The quantitative estimate of drug-likeness (QED) is 0.116. The van der Waals surface area contributed by atoms with Gasteiger partial charge in [-0.05, 0) is 12.5 Å². The van der Waals surface area contributed by atoms with E-state index in [4.69, 9.17) is 5.53 Å². The van der Waals surface area contributed by atoms with Crippen molar-refractivity contribution in [3.8, 4) is 0 Å². The number of ether oxygens (including phenoxy) is 1. The Morgan fingerprint density at radius 1 is 1.40 bits per heavy atom. The topological polar surface area (TPSA) is 145 Å². The Labute approximate surface area is 115 Å². The first kappa shape index (κ1) is 17.7. The number of carbonyl (C=O) groups is 3. The molecular weight excluding hydrogens is 270 g/mol.